The second-order valence-corrected chi connectivity index (χ2v) is 9.05. The summed E-state index contributed by atoms with van der Waals surface area (Å²) in [4.78, 5) is 15.1. The van der Waals surface area contributed by atoms with Crippen molar-refractivity contribution in [1.29, 1.82) is 0 Å². The number of carbonyl (C=O) groups is 1. The summed E-state index contributed by atoms with van der Waals surface area (Å²) in [6, 6.07) is 16.5. The molecule has 1 aliphatic rings. The molecule has 0 atom stereocenters. The highest BCUT2D eigenvalue weighted by atomic mass is 16.2. The van der Waals surface area contributed by atoms with Crippen molar-refractivity contribution < 1.29 is 4.79 Å². The van der Waals surface area contributed by atoms with Crippen LogP contribution in [0.2, 0.25) is 0 Å². The van der Waals surface area contributed by atoms with Gasteiger partial charge in [0.1, 0.15) is 0 Å². The van der Waals surface area contributed by atoms with Gasteiger partial charge in [-0.3, -0.25) is 4.90 Å². The molecule has 2 aromatic rings. The Kier molecular flexibility index (Phi) is 11.3. The molecule has 0 aliphatic carbocycles. The highest BCUT2D eigenvalue weighted by Gasteiger charge is 2.25. The number of hydrogen-bond acceptors (Lipinski definition) is 3. The van der Waals surface area contributed by atoms with Crippen molar-refractivity contribution in [2.75, 3.05) is 31.1 Å². The normalized spacial score (nSPS) is 12.7. The molecule has 0 radical (unpaired) electrons. The summed E-state index contributed by atoms with van der Waals surface area (Å²) in [6.45, 7) is 3.74. The number of hydrogen-bond donors (Lipinski definition) is 3. The maximum Gasteiger partial charge on any atom is 0.326 e. The molecule has 4 N–H and O–H groups in total. The Balaban J connectivity index is 1.33. The topological polar surface area (TPSA) is 70.4 Å². The van der Waals surface area contributed by atoms with Gasteiger partial charge < -0.3 is 16.4 Å². The summed E-state index contributed by atoms with van der Waals surface area (Å²) in [7, 11) is 0. The predicted molar refractivity (Wildman–Crippen MR) is 139 cm³/mol. The van der Waals surface area contributed by atoms with Gasteiger partial charge in [0.25, 0.3) is 0 Å². The highest BCUT2D eigenvalue weighted by Crippen LogP contribution is 2.35. The van der Waals surface area contributed by atoms with Gasteiger partial charge in [0.2, 0.25) is 0 Å². The number of para-hydroxylation sites is 2. The van der Waals surface area contributed by atoms with E-state index in [1.807, 2.05) is 17.0 Å². The number of nitrogens with one attached hydrogen (secondary N) is 2. The van der Waals surface area contributed by atoms with Crippen LogP contribution in [0.3, 0.4) is 0 Å². The molecule has 1 heterocycles. The van der Waals surface area contributed by atoms with Gasteiger partial charge in [-0.05, 0) is 81.4 Å². The average Bonchev–Trinajstić information content (AvgIpc) is 3.01. The molecule has 0 bridgehead atoms. The van der Waals surface area contributed by atoms with E-state index in [0.29, 0.717) is 0 Å². The summed E-state index contributed by atoms with van der Waals surface area (Å²) in [6.07, 6.45) is 12.8. The molecule has 0 saturated heterocycles. The van der Waals surface area contributed by atoms with Crippen LogP contribution in [0.4, 0.5) is 16.2 Å². The van der Waals surface area contributed by atoms with Crippen molar-refractivity contribution in [1.82, 2.24) is 10.6 Å². The zero-order chi connectivity index (χ0) is 23.1. The molecule has 2 aromatic carbocycles. The fraction of sp³-hybridized carbons (Fsp3) is 0.536. The number of urea groups is 1. The van der Waals surface area contributed by atoms with Crippen LogP contribution in [0.1, 0.15) is 68.9 Å². The molecule has 3 rings (SSSR count). The summed E-state index contributed by atoms with van der Waals surface area (Å²) in [5.41, 5.74) is 9.99. The van der Waals surface area contributed by atoms with Crippen molar-refractivity contribution in [3.8, 4) is 0 Å². The number of nitrogens with zero attached hydrogens (tertiary/aromatic N) is 1. The lowest BCUT2D eigenvalue weighted by Gasteiger charge is -2.25. The Morgan fingerprint density at radius 2 is 1.18 bits per heavy atom. The van der Waals surface area contributed by atoms with Gasteiger partial charge in [-0.1, -0.05) is 68.5 Å². The molecular formula is C28H42N4O. The fourth-order valence-corrected chi connectivity index (χ4v) is 4.55. The van der Waals surface area contributed by atoms with Gasteiger partial charge in [0.05, 0.1) is 11.4 Å². The molecule has 0 aromatic heterocycles. The summed E-state index contributed by atoms with van der Waals surface area (Å²) >= 11 is 0. The first-order valence-corrected chi connectivity index (χ1v) is 13.0. The van der Waals surface area contributed by atoms with Crippen molar-refractivity contribution in [3.63, 3.8) is 0 Å². The minimum atomic E-state index is -0.0178. The van der Waals surface area contributed by atoms with Gasteiger partial charge in [-0.25, -0.2) is 4.79 Å². The van der Waals surface area contributed by atoms with Gasteiger partial charge in [0, 0.05) is 6.54 Å². The molecule has 0 unspecified atom stereocenters. The Hall–Kier alpha value is -2.37. The van der Waals surface area contributed by atoms with Crippen molar-refractivity contribution in [3.05, 3.63) is 59.7 Å². The van der Waals surface area contributed by atoms with Crippen LogP contribution < -0.4 is 21.3 Å². The van der Waals surface area contributed by atoms with Gasteiger partial charge in [-0.2, -0.15) is 0 Å². The number of nitrogens with two attached hydrogens (primary N) is 1. The zero-order valence-corrected chi connectivity index (χ0v) is 20.2. The molecule has 5 nitrogen and oxygen atoms in total. The standard InChI is InChI=1S/C28H42N4O/c29-20-10-13-22-30-21-11-4-2-1-3-5-12-23-31-28(33)32-26-16-8-6-14-24(26)18-19-25-15-7-9-17-27(25)32/h6-9,14-17,30H,1-5,10-13,18-23,29H2,(H,31,33). The Morgan fingerprint density at radius 3 is 1.76 bits per heavy atom. The van der Waals surface area contributed by atoms with Crippen LogP contribution >= 0.6 is 0 Å². The van der Waals surface area contributed by atoms with E-state index in [-0.39, 0.29) is 6.03 Å². The minimum Gasteiger partial charge on any atom is -0.337 e. The van der Waals surface area contributed by atoms with E-state index in [9.17, 15) is 4.79 Å². The fourth-order valence-electron chi connectivity index (χ4n) is 4.55. The van der Waals surface area contributed by atoms with Gasteiger partial charge >= 0.3 is 6.03 Å². The highest BCUT2D eigenvalue weighted by molar-refractivity contribution is 6.01. The molecule has 0 fully saturated rings. The first-order valence-electron chi connectivity index (χ1n) is 13.0. The molecule has 0 saturated carbocycles. The number of amides is 2. The SMILES string of the molecule is NCCCCNCCCCCCCCCNC(=O)N1c2ccccc2CCc2ccccc21. The van der Waals surface area contributed by atoms with E-state index < -0.39 is 0 Å². The average molecular weight is 451 g/mol. The lowest BCUT2D eigenvalue weighted by molar-refractivity contribution is 0.248. The predicted octanol–water partition coefficient (Wildman–Crippen LogP) is 5.69. The van der Waals surface area contributed by atoms with Gasteiger partial charge in [-0.15, -0.1) is 0 Å². The smallest absolute Gasteiger partial charge is 0.326 e. The van der Waals surface area contributed by atoms with Crippen LogP contribution in [0.25, 0.3) is 0 Å². The maximum absolute atomic E-state index is 13.2. The third kappa shape index (κ3) is 8.17. The van der Waals surface area contributed by atoms with Crippen molar-refractivity contribution in [2.45, 2.75) is 70.6 Å². The number of rotatable bonds is 14. The van der Waals surface area contributed by atoms with Crippen LogP contribution in [0, 0.1) is 0 Å². The molecular weight excluding hydrogens is 408 g/mol. The number of unbranched alkanes of at least 4 members (excludes halogenated alkanes) is 7. The molecule has 33 heavy (non-hydrogen) atoms. The van der Waals surface area contributed by atoms with E-state index in [2.05, 4.69) is 47.0 Å². The number of carbonyl (C=O) groups excluding carboxylic acids is 1. The molecule has 180 valence electrons. The van der Waals surface area contributed by atoms with Crippen LogP contribution in [0.15, 0.2) is 48.5 Å². The number of anilines is 2. The number of benzene rings is 2. The van der Waals surface area contributed by atoms with E-state index in [0.717, 1.165) is 63.2 Å². The summed E-state index contributed by atoms with van der Waals surface area (Å²) in [5.74, 6) is 0. The van der Waals surface area contributed by atoms with Crippen molar-refractivity contribution in [2.24, 2.45) is 5.73 Å². The molecule has 2 amide bonds. The maximum atomic E-state index is 13.2. The third-order valence-electron chi connectivity index (χ3n) is 6.45. The third-order valence-corrected chi connectivity index (χ3v) is 6.45. The van der Waals surface area contributed by atoms with Crippen LogP contribution in [-0.4, -0.2) is 32.2 Å². The van der Waals surface area contributed by atoms with Crippen LogP contribution in [-0.2, 0) is 12.8 Å². The Morgan fingerprint density at radius 1 is 0.697 bits per heavy atom. The molecule has 0 spiro atoms. The van der Waals surface area contributed by atoms with Crippen LogP contribution in [0.5, 0.6) is 0 Å². The van der Waals surface area contributed by atoms with E-state index >= 15 is 0 Å². The number of aryl methyl sites for hydroxylation is 2. The Bertz CT molecular complexity index is 791. The lowest BCUT2D eigenvalue weighted by atomic mass is 10.0. The van der Waals surface area contributed by atoms with E-state index in [1.165, 1.54) is 56.1 Å². The second kappa shape index (κ2) is 14.7. The molecule has 1 aliphatic heterocycles. The largest absolute Gasteiger partial charge is 0.337 e. The summed E-state index contributed by atoms with van der Waals surface area (Å²) in [5, 5.41) is 6.67. The zero-order valence-electron chi connectivity index (χ0n) is 20.2. The quantitative estimate of drug-likeness (QED) is 0.324. The van der Waals surface area contributed by atoms with Crippen molar-refractivity contribution >= 4 is 17.4 Å². The summed E-state index contributed by atoms with van der Waals surface area (Å²) < 4.78 is 0. The van der Waals surface area contributed by atoms with Gasteiger partial charge in [0.15, 0.2) is 0 Å². The monoisotopic (exact) mass is 450 g/mol. The van der Waals surface area contributed by atoms with E-state index in [4.69, 9.17) is 5.73 Å². The Labute approximate surface area is 200 Å². The number of fused-ring (bicyclic) bond motifs is 2. The first kappa shape index (κ1) is 25.3. The second-order valence-electron chi connectivity index (χ2n) is 9.05. The first-order chi connectivity index (χ1) is 16.3. The minimum absolute atomic E-state index is 0.0178. The van der Waals surface area contributed by atoms with E-state index in [1.54, 1.807) is 0 Å². The lowest BCUT2D eigenvalue weighted by Crippen LogP contribution is -2.37. The molecule has 5 heteroatoms.